The minimum absolute atomic E-state index is 0.0229. The van der Waals surface area contributed by atoms with Gasteiger partial charge < -0.3 is 10.2 Å². The van der Waals surface area contributed by atoms with Crippen LogP contribution in [0.3, 0.4) is 0 Å². The van der Waals surface area contributed by atoms with Gasteiger partial charge in [0.05, 0.1) is 6.04 Å². The Hall–Kier alpha value is -1.52. The molecule has 2 heterocycles. The number of anilines is 1. The maximum atomic E-state index is 12.8. The smallest absolute Gasteiger partial charge is 0.317 e. The van der Waals surface area contributed by atoms with Crippen LogP contribution in [0.1, 0.15) is 41.5 Å². The van der Waals surface area contributed by atoms with Crippen LogP contribution in [-0.2, 0) is 0 Å². The molecule has 2 amide bonds. The Kier molecular flexibility index (Phi) is 5.23. The molecule has 3 nitrogen and oxygen atoms in total. The van der Waals surface area contributed by atoms with Crippen LogP contribution in [0.4, 0.5) is 10.5 Å². The third-order valence-electron chi connectivity index (χ3n) is 4.20. The van der Waals surface area contributed by atoms with Crippen LogP contribution < -0.4 is 5.32 Å². The summed E-state index contributed by atoms with van der Waals surface area (Å²) in [7, 11) is 0. The molecular formula is C18H21ClN2OS. The van der Waals surface area contributed by atoms with Crippen LogP contribution in [0.5, 0.6) is 0 Å². The van der Waals surface area contributed by atoms with Gasteiger partial charge in [-0.25, -0.2) is 4.79 Å². The lowest BCUT2D eigenvalue weighted by atomic mass is 10.1. The summed E-state index contributed by atoms with van der Waals surface area (Å²) in [5, 5.41) is 3.68. The first-order chi connectivity index (χ1) is 11.1. The molecule has 1 fully saturated rings. The molecule has 1 atom stereocenters. The lowest BCUT2D eigenvalue weighted by Gasteiger charge is -2.29. The van der Waals surface area contributed by atoms with Crippen molar-refractivity contribution in [3.8, 4) is 0 Å². The number of nitrogens with one attached hydrogen (secondary N) is 1. The van der Waals surface area contributed by atoms with Crippen molar-refractivity contribution < 1.29 is 4.79 Å². The molecule has 0 spiro atoms. The maximum Gasteiger partial charge on any atom is 0.322 e. The van der Waals surface area contributed by atoms with Gasteiger partial charge in [0.1, 0.15) is 0 Å². The second-order valence-electron chi connectivity index (χ2n) is 5.94. The molecule has 3 rings (SSSR count). The topological polar surface area (TPSA) is 32.3 Å². The highest BCUT2D eigenvalue weighted by Crippen LogP contribution is 2.34. The van der Waals surface area contributed by atoms with Crippen LogP contribution in [0, 0.1) is 6.92 Å². The zero-order chi connectivity index (χ0) is 16.2. The van der Waals surface area contributed by atoms with Gasteiger partial charge in [0, 0.05) is 27.0 Å². The molecule has 0 aliphatic carbocycles. The summed E-state index contributed by atoms with van der Waals surface area (Å²) >= 11 is 7.70. The summed E-state index contributed by atoms with van der Waals surface area (Å²) < 4.78 is 0. The molecule has 1 unspecified atom stereocenters. The number of aryl methyl sites for hydroxylation is 1. The van der Waals surface area contributed by atoms with E-state index in [1.807, 2.05) is 17.0 Å². The highest BCUT2D eigenvalue weighted by atomic mass is 35.5. The van der Waals surface area contributed by atoms with Crippen molar-refractivity contribution in [2.24, 2.45) is 0 Å². The van der Waals surface area contributed by atoms with Crippen molar-refractivity contribution in [3.05, 3.63) is 51.2 Å². The van der Waals surface area contributed by atoms with Gasteiger partial charge in [-0.1, -0.05) is 24.4 Å². The molecule has 1 aliphatic heterocycles. The molecule has 2 aromatic rings. The van der Waals surface area contributed by atoms with Crippen LogP contribution in [0.2, 0.25) is 5.02 Å². The Labute approximate surface area is 146 Å². The number of amides is 2. The summed E-state index contributed by atoms with van der Waals surface area (Å²) in [6, 6.07) is 11.7. The third-order valence-corrected chi connectivity index (χ3v) is 5.55. The highest BCUT2D eigenvalue weighted by Gasteiger charge is 2.27. The second kappa shape index (κ2) is 7.37. The van der Waals surface area contributed by atoms with Gasteiger partial charge in [0.15, 0.2) is 0 Å². The largest absolute Gasteiger partial charge is 0.322 e. The summed E-state index contributed by atoms with van der Waals surface area (Å²) in [6.07, 6.45) is 4.46. The number of benzene rings is 1. The predicted molar refractivity (Wildman–Crippen MR) is 97.4 cm³/mol. The Morgan fingerprint density at radius 1 is 1.17 bits per heavy atom. The van der Waals surface area contributed by atoms with E-state index in [1.165, 1.54) is 22.6 Å². The highest BCUT2D eigenvalue weighted by molar-refractivity contribution is 7.12. The summed E-state index contributed by atoms with van der Waals surface area (Å²) in [5.41, 5.74) is 0.782. The summed E-state index contributed by atoms with van der Waals surface area (Å²) in [4.78, 5) is 17.4. The second-order valence-corrected chi connectivity index (χ2v) is 7.70. The number of rotatable bonds is 2. The van der Waals surface area contributed by atoms with E-state index in [0.717, 1.165) is 25.1 Å². The fourth-order valence-corrected chi connectivity index (χ4v) is 4.16. The van der Waals surface area contributed by atoms with E-state index < -0.39 is 0 Å². The Bertz CT molecular complexity index is 668. The molecule has 1 aliphatic rings. The van der Waals surface area contributed by atoms with Gasteiger partial charge in [0.2, 0.25) is 0 Å². The van der Waals surface area contributed by atoms with E-state index in [0.29, 0.717) is 5.02 Å². The fraction of sp³-hybridized carbons (Fsp3) is 0.389. The van der Waals surface area contributed by atoms with E-state index >= 15 is 0 Å². The normalized spacial score (nSPS) is 18.5. The Balaban J connectivity index is 1.78. The molecular weight excluding hydrogens is 328 g/mol. The SMILES string of the molecule is Cc1ccc(C2CCCCCN2C(=O)Nc2ccc(Cl)cc2)s1. The number of hydrogen-bond donors (Lipinski definition) is 1. The van der Waals surface area contributed by atoms with Crippen molar-refractivity contribution >= 4 is 34.7 Å². The van der Waals surface area contributed by atoms with E-state index in [4.69, 9.17) is 11.6 Å². The zero-order valence-electron chi connectivity index (χ0n) is 13.2. The molecule has 0 bridgehead atoms. The number of hydrogen-bond acceptors (Lipinski definition) is 2. The first-order valence-electron chi connectivity index (χ1n) is 8.03. The predicted octanol–water partition coefficient (Wildman–Crippen LogP) is 5.86. The minimum atomic E-state index is -0.0229. The van der Waals surface area contributed by atoms with Gasteiger partial charge in [-0.3, -0.25) is 0 Å². The lowest BCUT2D eigenvalue weighted by Crippen LogP contribution is -2.37. The number of likely N-dealkylation sites (tertiary alicyclic amines) is 1. The molecule has 5 heteroatoms. The molecule has 1 aromatic heterocycles. The quantitative estimate of drug-likeness (QED) is 0.724. The van der Waals surface area contributed by atoms with Gasteiger partial charge >= 0.3 is 6.03 Å². The first-order valence-corrected chi connectivity index (χ1v) is 9.22. The van der Waals surface area contributed by atoms with Crippen LogP contribution in [-0.4, -0.2) is 17.5 Å². The fourth-order valence-electron chi connectivity index (χ4n) is 3.01. The van der Waals surface area contributed by atoms with Crippen LogP contribution >= 0.6 is 22.9 Å². The number of urea groups is 1. The first kappa shape index (κ1) is 16.3. The van der Waals surface area contributed by atoms with E-state index in [9.17, 15) is 4.79 Å². The van der Waals surface area contributed by atoms with Crippen molar-refractivity contribution in [3.63, 3.8) is 0 Å². The molecule has 1 N–H and O–H groups in total. The maximum absolute atomic E-state index is 12.8. The van der Waals surface area contributed by atoms with Gasteiger partial charge in [0.25, 0.3) is 0 Å². The number of nitrogens with zero attached hydrogens (tertiary/aromatic N) is 1. The average Bonchev–Trinajstić information content (AvgIpc) is 2.82. The Morgan fingerprint density at radius 2 is 1.96 bits per heavy atom. The van der Waals surface area contributed by atoms with Crippen LogP contribution in [0.25, 0.3) is 0 Å². The summed E-state index contributed by atoms with van der Waals surface area (Å²) in [5.74, 6) is 0. The lowest BCUT2D eigenvalue weighted by molar-refractivity contribution is 0.190. The Morgan fingerprint density at radius 3 is 2.65 bits per heavy atom. The molecule has 0 saturated carbocycles. The molecule has 1 aromatic carbocycles. The van der Waals surface area contributed by atoms with Crippen molar-refractivity contribution in [2.75, 3.05) is 11.9 Å². The zero-order valence-corrected chi connectivity index (χ0v) is 14.8. The van der Waals surface area contributed by atoms with Crippen LogP contribution in [0.15, 0.2) is 36.4 Å². The third kappa shape index (κ3) is 4.06. The molecule has 23 heavy (non-hydrogen) atoms. The van der Waals surface area contributed by atoms with E-state index in [1.54, 1.807) is 23.5 Å². The summed E-state index contributed by atoms with van der Waals surface area (Å²) in [6.45, 7) is 2.92. The number of thiophene rings is 1. The van der Waals surface area contributed by atoms with Gasteiger partial charge in [-0.2, -0.15) is 0 Å². The molecule has 1 saturated heterocycles. The number of halogens is 1. The van der Waals surface area contributed by atoms with Crippen molar-refractivity contribution in [1.29, 1.82) is 0 Å². The monoisotopic (exact) mass is 348 g/mol. The number of carbonyl (C=O) groups is 1. The van der Waals surface area contributed by atoms with Crippen molar-refractivity contribution in [2.45, 2.75) is 38.6 Å². The van der Waals surface area contributed by atoms with Crippen molar-refractivity contribution in [1.82, 2.24) is 4.90 Å². The van der Waals surface area contributed by atoms with Gasteiger partial charge in [-0.05, 0) is 56.2 Å². The number of carbonyl (C=O) groups excluding carboxylic acids is 1. The minimum Gasteiger partial charge on any atom is -0.317 e. The molecule has 122 valence electrons. The van der Waals surface area contributed by atoms with Gasteiger partial charge in [-0.15, -0.1) is 11.3 Å². The van der Waals surface area contributed by atoms with E-state index in [-0.39, 0.29) is 12.1 Å². The van der Waals surface area contributed by atoms with E-state index in [2.05, 4.69) is 24.4 Å². The standard InChI is InChI=1S/C18H21ClN2OS/c1-13-6-11-17(23-13)16-5-3-2-4-12-21(16)18(22)20-15-9-7-14(19)8-10-15/h6-11,16H,2-5,12H2,1H3,(H,20,22). The average molecular weight is 349 g/mol. The molecule has 0 radical (unpaired) electrons.